The van der Waals surface area contributed by atoms with Crippen LogP contribution in [0, 0.1) is 5.92 Å². The Hall–Kier alpha value is -0.0400. The van der Waals surface area contributed by atoms with Crippen molar-refractivity contribution in [3.05, 3.63) is 0 Å². The molecule has 0 saturated heterocycles. The average molecular weight is 158 g/mol. The Balaban J connectivity index is 3.29. The third kappa shape index (κ3) is 7.86. The maximum Gasteiger partial charge on any atom is 0.0550 e. The van der Waals surface area contributed by atoms with Crippen LogP contribution >= 0.6 is 0 Å². The molecule has 1 atom stereocenters. The van der Waals surface area contributed by atoms with Crippen LogP contribution in [0.2, 0.25) is 0 Å². The Morgan fingerprint density at radius 2 is 1.45 bits per heavy atom. The summed E-state index contributed by atoms with van der Waals surface area (Å²) in [5.74, 6) is 0.799. The van der Waals surface area contributed by atoms with Crippen molar-refractivity contribution in [3.63, 3.8) is 0 Å². The second-order valence-electron chi connectivity index (χ2n) is 3.97. The molecule has 0 radical (unpaired) electrons. The summed E-state index contributed by atoms with van der Waals surface area (Å²) >= 11 is 0. The molecular weight excluding hydrogens is 136 g/mol. The summed E-state index contributed by atoms with van der Waals surface area (Å²) in [6, 6.07) is 0. The van der Waals surface area contributed by atoms with Crippen LogP contribution in [0.1, 0.15) is 47.5 Å². The minimum absolute atomic E-state index is 0.372. The van der Waals surface area contributed by atoms with Gasteiger partial charge in [0.05, 0.1) is 12.2 Å². The summed E-state index contributed by atoms with van der Waals surface area (Å²) in [7, 11) is 0. The Labute approximate surface area is 71.1 Å². The second kappa shape index (κ2) is 5.59. The van der Waals surface area contributed by atoms with Crippen molar-refractivity contribution in [1.82, 2.24) is 0 Å². The fourth-order valence-electron chi connectivity index (χ4n) is 1.10. The highest BCUT2D eigenvalue weighted by Gasteiger charge is 2.05. The summed E-state index contributed by atoms with van der Waals surface area (Å²) in [6.07, 6.45) is 3.26. The summed E-state index contributed by atoms with van der Waals surface area (Å²) < 4.78 is 5.60. The van der Waals surface area contributed by atoms with Crippen LogP contribution in [0.4, 0.5) is 0 Å². The van der Waals surface area contributed by atoms with E-state index in [0.717, 1.165) is 5.92 Å². The van der Waals surface area contributed by atoms with Crippen LogP contribution in [-0.4, -0.2) is 12.2 Å². The van der Waals surface area contributed by atoms with E-state index in [-0.39, 0.29) is 0 Å². The van der Waals surface area contributed by atoms with Crippen LogP contribution in [0.5, 0.6) is 0 Å². The van der Waals surface area contributed by atoms with Gasteiger partial charge in [0.2, 0.25) is 0 Å². The summed E-state index contributed by atoms with van der Waals surface area (Å²) in [5, 5.41) is 0. The fourth-order valence-corrected chi connectivity index (χ4v) is 1.10. The molecule has 0 heterocycles. The third-order valence-electron chi connectivity index (χ3n) is 1.66. The molecule has 1 heteroatoms. The number of hydrogen-bond donors (Lipinski definition) is 0. The molecule has 0 amide bonds. The molecule has 0 unspecified atom stereocenters. The molecule has 0 aliphatic carbocycles. The van der Waals surface area contributed by atoms with Gasteiger partial charge in [-0.25, -0.2) is 0 Å². The van der Waals surface area contributed by atoms with E-state index in [2.05, 4.69) is 34.6 Å². The monoisotopic (exact) mass is 158 g/mol. The molecule has 0 rings (SSSR count). The van der Waals surface area contributed by atoms with E-state index in [0.29, 0.717) is 12.2 Å². The predicted molar refractivity (Wildman–Crippen MR) is 49.8 cm³/mol. The molecule has 0 bridgehead atoms. The van der Waals surface area contributed by atoms with Crippen LogP contribution in [0.25, 0.3) is 0 Å². The molecule has 0 aromatic carbocycles. The lowest BCUT2D eigenvalue weighted by Crippen LogP contribution is -2.14. The van der Waals surface area contributed by atoms with Crippen molar-refractivity contribution >= 4 is 0 Å². The van der Waals surface area contributed by atoms with Gasteiger partial charge in [0.25, 0.3) is 0 Å². The normalized spacial score (nSPS) is 14.5. The molecule has 0 saturated carbocycles. The molecule has 1 nitrogen and oxygen atoms in total. The lowest BCUT2D eigenvalue weighted by molar-refractivity contribution is 0.0117. The number of ether oxygens (including phenoxy) is 1. The van der Waals surface area contributed by atoms with E-state index in [1.54, 1.807) is 0 Å². The molecule has 0 aromatic rings. The average Bonchev–Trinajstić information content (AvgIpc) is 1.82. The molecule has 0 spiro atoms. The van der Waals surface area contributed by atoms with Crippen LogP contribution in [0.3, 0.4) is 0 Å². The van der Waals surface area contributed by atoms with Gasteiger partial charge in [-0.3, -0.25) is 0 Å². The second-order valence-corrected chi connectivity index (χ2v) is 3.97. The quantitative estimate of drug-likeness (QED) is 0.597. The van der Waals surface area contributed by atoms with Gasteiger partial charge in [-0.2, -0.15) is 0 Å². The van der Waals surface area contributed by atoms with Gasteiger partial charge in [-0.05, 0) is 39.5 Å². The van der Waals surface area contributed by atoms with E-state index in [1.807, 2.05) is 0 Å². The molecule has 0 N–H and O–H groups in total. The van der Waals surface area contributed by atoms with Crippen molar-refractivity contribution < 1.29 is 4.74 Å². The molecule has 0 fully saturated rings. The van der Waals surface area contributed by atoms with E-state index in [4.69, 9.17) is 4.74 Å². The maximum atomic E-state index is 5.60. The number of hydrogen-bond acceptors (Lipinski definition) is 1. The van der Waals surface area contributed by atoms with Crippen molar-refractivity contribution in [2.24, 2.45) is 5.92 Å². The fraction of sp³-hybridized carbons (Fsp3) is 1.00. The molecule has 11 heavy (non-hydrogen) atoms. The van der Waals surface area contributed by atoms with Gasteiger partial charge in [-0.15, -0.1) is 0 Å². The van der Waals surface area contributed by atoms with Crippen molar-refractivity contribution in [1.29, 1.82) is 0 Å². The zero-order chi connectivity index (χ0) is 8.85. The van der Waals surface area contributed by atoms with E-state index in [9.17, 15) is 0 Å². The van der Waals surface area contributed by atoms with Gasteiger partial charge in [0.1, 0.15) is 0 Å². The number of rotatable bonds is 5. The highest BCUT2D eigenvalue weighted by Crippen LogP contribution is 2.10. The predicted octanol–water partition coefficient (Wildman–Crippen LogP) is 3.24. The van der Waals surface area contributed by atoms with Crippen LogP contribution in [-0.2, 0) is 4.74 Å². The van der Waals surface area contributed by atoms with Crippen LogP contribution < -0.4 is 0 Å². The first-order chi connectivity index (χ1) is 5.02. The Kier molecular flexibility index (Phi) is 5.57. The summed E-state index contributed by atoms with van der Waals surface area (Å²) in [5.41, 5.74) is 0. The smallest absolute Gasteiger partial charge is 0.0550 e. The topological polar surface area (TPSA) is 9.23 Å². The third-order valence-corrected chi connectivity index (χ3v) is 1.66. The molecule has 0 aliphatic heterocycles. The van der Waals surface area contributed by atoms with E-state index < -0.39 is 0 Å². The largest absolute Gasteiger partial charge is 0.376 e. The molecule has 0 aromatic heterocycles. The van der Waals surface area contributed by atoms with Crippen molar-refractivity contribution in [2.75, 3.05) is 0 Å². The van der Waals surface area contributed by atoms with E-state index >= 15 is 0 Å². The van der Waals surface area contributed by atoms with Crippen LogP contribution in [0.15, 0.2) is 0 Å². The molecule has 0 aliphatic rings. The van der Waals surface area contributed by atoms with Crippen molar-refractivity contribution in [3.8, 4) is 0 Å². The molecule has 68 valence electrons. The highest BCUT2D eigenvalue weighted by atomic mass is 16.5. The minimum atomic E-state index is 0.372. The first-order valence-corrected chi connectivity index (χ1v) is 4.67. The van der Waals surface area contributed by atoms with Gasteiger partial charge >= 0.3 is 0 Å². The van der Waals surface area contributed by atoms with Crippen molar-refractivity contribution in [2.45, 2.75) is 59.7 Å². The zero-order valence-corrected chi connectivity index (χ0v) is 8.55. The SMILES string of the molecule is CC(C)CC[C@H](C)OC(C)C. The minimum Gasteiger partial charge on any atom is -0.376 e. The van der Waals surface area contributed by atoms with Gasteiger partial charge < -0.3 is 4.74 Å². The Morgan fingerprint density at radius 3 is 1.82 bits per heavy atom. The highest BCUT2D eigenvalue weighted by molar-refractivity contribution is 4.54. The summed E-state index contributed by atoms with van der Waals surface area (Å²) in [4.78, 5) is 0. The lowest BCUT2D eigenvalue weighted by atomic mass is 10.1. The zero-order valence-electron chi connectivity index (χ0n) is 8.55. The molecular formula is C10H22O. The maximum absolute atomic E-state index is 5.60. The van der Waals surface area contributed by atoms with Gasteiger partial charge in [-0.1, -0.05) is 13.8 Å². The first kappa shape index (κ1) is 11.0. The standard InChI is InChI=1S/C10H22O/c1-8(2)6-7-10(5)11-9(3)4/h8-10H,6-7H2,1-5H3/t10-/m0/s1. The van der Waals surface area contributed by atoms with Gasteiger partial charge in [0, 0.05) is 0 Å². The lowest BCUT2D eigenvalue weighted by Gasteiger charge is -2.16. The Bertz CT molecular complexity index is 86.9. The van der Waals surface area contributed by atoms with Gasteiger partial charge in [0.15, 0.2) is 0 Å². The van der Waals surface area contributed by atoms with E-state index in [1.165, 1.54) is 12.8 Å². The summed E-state index contributed by atoms with van der Waals surface area (Å²) in [6.45, 7) is 10.8. The Morgan fingerprint density at radius 1 is 0.909 bits per heavy atom. The first-order valence-electron chi connectivity index (χ1n) is 4.67.